The summed E-state index contributed by atoms with van der Waals surface area (Å²) in [5, 5.41) is 7.00. The van der Waals surface area contributed by atoms with E-state index >= 15 is 0 Å². The van der Waals surface area contributed by atoms with Crippen LogP contribution in [0, 0.1) is 0 Å². The number of carbonyl (C=O) groups excluding carboxylic acids is 1. The Balaban J connectivity index is 1.62. The van der Waals surface area contributed by atoms with Crippen LogP contribution in [-0.4, -0.2) is 59.0 Å². The SMILES string of the molecule is CCN1CCN(c2cccc(Cl)c2-c2cc(-c3cncc(NC(=O)C(C)Cl)c3)on2)CC1. The van der Waals surface area contributed by atoms with Crippen LogP contribution in [-0.2, 0) is 4.79 Å². The fourth-order valence-electron chi connectivity index (χ4n) is 3.75. The number of carbonyl (C=O) groups is 1. The van der Waals surface area contributed by atoms with Gasteiger partial charge in [0.2, 0.25) is 5.91 Å². The van der Waals surface area contributed by atoms with Crippen LogP contribution in [0.2, 0.25) is 5.02 Å². The number of benzene rings is 1. The highest BCUT2D eigenvalue weighted by Crippen LogP contribution is 2.38. The number of hydrogen-bond acceptors (Lipinski definition) is 6. The van der Waals surface area contributed by atoms with E-state index < -0.39 is 5.38 Å². The third-order valence-electron chi connectivity index (χ3n) is 5.57. The molecule has 1 N–H and O–H groups in total. The van der Waals surface area contributed by atoms with E-state index in [1.54, 1.807) is 25.4 Å². The summed E-state index contributed by atoms with van der Waals surface area (Å²) >= 11 is 12.5. The van der Waals surface area contributed by atoms with Gasteiger partial charge in [0.15, 0.2) is 5.76 Å². The van der Waals surface area contributed by atoms with E-state index in [9.17, 15) is 4.79 Å². The van der Waals surface area contributed by atoms with Gasteiger partial charge in [-0.25, -0.2) is 0 Å². The molecule has 1 aromatic carbocycles. The second-order valence-corrected chi connectivity index (χ2v) is 8.76. The molecule has 0 aliphatic carbocycles. The van der Waals surface area contributed by atoms with Crippen molar-refractivity contribution in [1.82, 2.24) is 15.0 Å². The lowest BCUT2D eigenvalue weighted by Gasteiger charge is -2.36. The minimum Gasteiger partial charge on any atom is -0.368 e. The highest BCUT2D eigenvalue weighted by molar-refractivity contribution is 6.34. The van der Waals surface area contributed by atoms with Crippen molar-refractivity contribution < 1.29 is 9.32 Å². The Morgan fingerprint density at radius 3 is 2.72 bits per heavy atom. The Bertz CT molecular complexity index is 1090. The highest BCUT2D eigenvalue weighted by atomic mass is 35.5. The summed E-state index contributed by atoms with van der Waals surface area (Å²) in [6.45, 7) is 8.73. The predicted molar refractivity (Wildman–Crippen MR) is 128 cm³/mol. The normalized spacial score (nSPS) is 15.6. The molecule has 1 aliphatic heterocycles. The molecule has 0 spiro atoms. The lowest BCUT2D eigenvalue weighted by atomic mass is 10.1. The molecule has 3 aromatic rings. The molecule has 32 heavy (non-hydrogen) atoms. The smallest absolute Gasteiger partial charge is 0.242 e. The molecule has 168 valence electrons. The van der Waals surface area contributed by atoms with E-state index in [1.165, 1.54) is 0 Å². The molecule has 1 amide bonds. The molecule has 1 unspecified atom stereocenters. The Hall–Kier alpha value is -2.61. The molecular formula is C23H25Cl2N5O2. The first-order valence-corrected chi connectivity index (χ1v) is 11.4. The maximum Gasteiger partial charge on any atom is 0.242 e. The zero-order valence-corrected chi connectivity index (χ0v) is 19.5. The standard InChI is InChI=1S/C23H25Cl2N5O2/c1-3-29-7-9-30(10-8-29)20-6-4-5-18(25)22(20)19-12-21(32-28-19)16-11-17(14-26-13-16)27-23(31)15(2)24/h4-6,11-15H,3,7-10H2,1-2H3,(H,27,31). The summed E-state index contributed by atoms with van der Waals surface area (Å²) in [6, 6.07) is 9.51. The summed E-state index contributed by atoms with van der Waals surface area (Å²) in [4.78, 5) is 20.8. The van der Waals surface area contributed by atoms with Crippen LogP contribution in [0.15, 0.2) is 47.2 Å². The summed E-state index contributed by atoms with van der Waals surface area (Å²) in [6.07, 6.45) is 3.21. The van der Waals surface area contributed by atoms with Gasteiger partial charge in [0.1, 0.15) is 11.1 Å². The van der Waals surface area contributed by atoms with Gasteiger partial charge in [-0.1, -0.05) is 29.7 Å². The number of aromatic nitrogens is 2. The van der Waals surface area contributed by atoms with E-state index in [0.717, 1.165) is 44.0 Å². The van der Waals surface area contributed by atoms with Crippen LogP contribution in [0.5, 0.6) is 0 Å². The number of alkyl halides is 1. The Kier molecular flexibility index (Phi) is 6.98. The lowest BCUT2D eigenvalue weighted by Crippen LogP contribution is -2.46. The number of rotatable bonds is 6. The van der Waals surface area contributed by atoms with Crippen molar-refractivity contribution in [3.63, 3.8) is 0 Å². The Morgan fingerprint density at radius 1 is 1.22 bits per heavy atom. The van der Waals surface area contributed by atoms with Crippen molar-refractivity contribution in [3.05, 3.63) is 47.7 Å². The summed E-state index contributed by atoms with van der Waals surface area (Å²) in [7, 11) is 0. The molecule has 0 radical (unpaired) electrons. The summed E-state index contributed by atoms with van der Waals surface area (Å²) in [5.41, 5.74) is 3.77. The number of halogens is 2. The first-order valence-electron chi connectivity index (χ1n) is 10.6. The van der Waals surface area contributed by atoms with E-state index in [0.29, 0.717) is 27.7 Å². The van der Waals surface area contributed by atoms with Crippen LogP contribution in [0.4, 0.5) is 11.4 Å². The minimum atomic E-state index is -0.645. The summed E-state index contributed by atoms with van der Waals surface area (Å²) < 4.78 is 5.63. The molecule has 7 nitrogen and oxygen atoms in total. The van der Waals surface area contributed by atoms with Crippen LogP contribution in [0.3, 0.4) is 0 Å². The molecule has 1 aliphatic rings. The van der Waals surface area contributed by atoms with Gasteiger partial charge >= 0.3 is 0 Å². The van der Waals surface area contributed by atoms with Gasteiger partial charge in [0, 0.05) is 55.3 Å². The number of nitrogens with zero attached hydrogens (tertiary/aromatic N) is 4. The van der Waals surface area contributed by atoms with Gasteiger partial charge in [-0.2, -0.15) is 0 Å². The number of nitrogens with one attached hydrogen (secondary N) is 1. The molecule has 1 saturated heterocycles. The molecule has 9 heteroatoms. The number of pyridine rings is 1. The largest absolute Gasteiger partial charge is 0.368 e. The number of likely N-dealkylation sites (N-methyl/N-ethyl adjacent to an activating group) is 1. The lowest BCUT2D eigenvalue weighted by molar-refractivity contribution is -0.115. The van der Waals surface area contributed by atoms with Crippen LogP contribution < -0.4 is 10.2 Å². The molecule has 2 aromatic heterocycles. The van der Waals surface area contributed by atoms with Crippen molar-refractivity contribution >= 4 is 40.5 Å². The molecule has 4 rings (SSSR count). The molecule has 3 heterocycles. The van der Waals surface area contributed by atoms with E-state index in [4.69, 9.17) is 27.7 Å². The molecular weight excluding hydrogens is 449 g/mol. The Labute approximate surface area is 197 Å². The fourth-order valence-corrected chi connectivity index (χ4v) is 4.07. The monoisotopic (exact) mass is 473 g/mol. The van der Waals surface area contributed by atoms with Gasteiger partial charge in [0.05, 0.1) is 16.9 Å². The molecule has 0 bridgehead atoms. The van der Waals surface area contributed by atoms with Crippen molar-refractivity contribution in [2.24, 2.45) is 0 Å². The van der Waals surface area contributed by atoms with Crippen LogP contribution >= 0.6 is 23.2 Å². The number of hydrogen-bond donors (Lipinski definition) is 1. The average molecular weight is 474 g/mol. The van der Waals surface area contributed by atoms with Crippen molar-refractivity contribution in [2.75, 3.05) is 42.9 Å². The maximum atomic E-state index is 11.9. The molecule has 1 fully saturated rings. The number of amides is 1. The van der Waals surface area contributed by atoms with E-state index in [-0.39, 0.29) is 5.91 Å². The van der Waals surface area contributed by atoms with Crippen molar-refractivity contribution in [1.29, 1.82) is 0 Å². The summed E-state index contributed by atoms with van der Waals surface area (Å²) in [5.74, 6) is 0.233. The van der Waals surface area contributed by atoms with Gasteiger partial charge < -0.3 is 19.6 Å². The van der Waals surface area contributed by atoms with Gasteiger partial charge in [-0.05, 0) is 31.7 Å². The second kappa shape index (κ2) is 9.90. The quantitative estimate of drug-likeness (QED) is 0.519. The van der Waals surface area contributed by atoms with Crippen LogP contribution in [0.1, 0.15) is 13.8 Å². The van der Waals surface area contributed by atoms with Crippen molar-refractivity contribution in [2.45, 2.75) is 19.2 Å². The van der Waals surface area contributed by atoms with Gasteiger partial charge in [-0.15, -0.1) is 11.6 Å². The fraction of sp³-hybridized carbons (Fsp3) is 0.348. The first kappa shape index (κ1) is 22.6. The zero-order valence-electron chi connectivity index (χ0n) is 18.0. The Morgan fingerprint density at radius 2 is 2.00 bits per heavy atom. The molecule has 0 saturated carbocycles. The first-order chi connectivity index (χ1) is 15.5. The maximum absolute atomic E-state index is 11.9. The van der Waals surface area contributed by atoms with Gasteiger partial charge in [-0.3, -0.25) is 9.78 Å². The predicted octanol–water partition coefficient (Wildman–Crippen LogP) is 4.76. The third-order valence-corrected chi connectivity index (χ3v) is 6.08. The van der Waals surface area contributed by atoms with E-state index in [1.807, 2.05) is 18.2 Å². The highest BCUT2D eigenvalue weighted by Gasteiger charge is 2.22. The zero-order chi connectivity index (χ0) is 22.7. The van der Waals surface area contributed by atoms with E-state index in [2.05, 4.69) is 38.2 Å². The number of piperazine rings is 1. The molecule has 1 atom stereocenters. The van der Waals surface area contributed by atoms with Crippen molar-refractivity contribution in [3.8, 4) is 22.6 Å². The number of anilines is 2. The average Bonchev–Trinajstić information content (AvgIpc) is 3.29. The third kappa shape index (κ3) is 4.90. The van der Waals surface area contributed by atoms with Crippen LogP contribution in [0.25, 0.3) is 22.6 Å². The topological polar surface area (TPSA) is 74.5 Å². The minimum absolute atomic E-state index is 0.298. The second-order valence-electron chi connectivity index (χ2n) is 7.70. The van der Waals surface area contributed by atoms with Gasteiger partial charge in [0.25, 0.3) is 0 Å².